The highest BCUT2D eigenvalue weighted by Gasteiger charge is 2.30. The summed E-state index contributed by atoms with van der Waals surface area (Å²) in [6.07, 6.45) is 0.358. The van der Waals surface area contributed by atoms with Crippen LogP contribution in [0.15, 0.2) is 6.07 Å². The van der Waals surface area contributed by atoms with Gasteiger partial charge in [0.25, 0.3) is 0 Å². The lowest BCUT2D eigenvalue weighted by Crippen LogP contribution is -2.51. The molecule has 0 saturated carbocycles. The summed E-state index contributed by atoms with van der Waals surface area (Å²) in [5.41, 5.74) is 0.116. The van der Waals surface area contributed by atoms with Gasteiger partial charge in [0.2, 0.25) is 0 Å². The van der Waals surface area contributed by atoms with Crippen LogP contribution in [-0.2, 0) is 0 Å². The quantitative estimate of drug-likeness (QED) is 0.682. The van der Waals surface area contributed by atoms with Crippen molar-refractivity contribution in [3.8, 4) is 0 Å². The third-order valence-corrected chi connectivity index (χ3v) is 5.21. The van der Waals surface area contributed by atoms with E-state index in [0.717, 1.165) is 26.1 Å². The topological polar surface area (TPSA) is 69.8 Å². The van der Waals surface area contributed by atoms with Crippen molar-refractivity contribution in [2.75, 3.05) is 31.6 Å². The Labute approximate surface area is 122 Å². The number of hydrogen-bond donors (Lipinski definition) is 1. The molecule has 6 nitrogen and oxygen atoms in total. The molecular formula is C13H21N3O3S. The third kappa shape index (κ3) is 2.94. The van der Waals surface area contributed by atoms with E-state index in [-0.39, 0.29) is 10.6 Å². The maximum absolute atomic E-state index is 11.2. The Bertz CT molecular complexity index is 489. The molecule has 7 heteroatoms. The summed E-state index contributed by atoms with van der Waals surface area (Å²) in [5.74, 6) is 0. The Morgan fingerprint density at radius 3 is 2.85 bits per heavy atom. The van der Waals surface area contributed by atoms with Gasteiger partial charge in [0.05, 0.1) is 11.0 Å². The van der Waals surface area contributed by atoms with E-state index in [1.54, 1.807) is 6.92 Å². The molecule has 20 heavy (non-hydrogen) atoms. The lowest BCUT2D eigenvalue weighted by molar-refractivity contribution is -0.383. The van der Waals surface area contributed by atoms with Crippen molar-refractivity contribution in [2.45, 2.75) is 32.4 Å². The van der Waals surface area contributed by atoms with E-state index >= 15 is 0 Å². The van der Waals surface area contributed by atoms with Crippen molar-refractivity contribution in [1.82, 2.24) is 4.90 Å². The third-order valence-electron chi connectivity index (χ3n) is 3.86. The number of aliphatic hydroxyl groups excluding tert-OH is 1. The average Bonchev–Trinajstić information content (AvgIpc) is 2.84. The molecule has 1 aromatic rings. The molecule has 0 spiro atoms. The van der Waals surface area contributed by atoms with Gasteiger partial charge in [0.1, 0.15) is 0 Å². The number of nitrogens with zero attached hydrogens (tertiary/aromatic N) is 3. The molecule has 0 bridgehead atoms. The number of nitro groups is 1. The highest BCUT2D eigenvalue weighted by atomic mass is 32.1. The van der Waals surface area contributed by atoms with Crippen LogP contribution < -0.4 is 4.90 Å². The van der Waals surface area contributed by atoms with E-state index in [1.807, 2.05) is 0 Å². The SMILES string of the molecule is CCC1CN(c2sc([C@H](C)O)cc2[N+](=O)[O-])CCN1C. The van der Waals surface area contributed by atoms with Crippen molar-refractivity contribution in [2.24, 2.45) is 0 Å². The van der Waals surface area contributed by atoms with Gasteiger partial charge in [-0.25, -0.2) is 0 Å². The van der Waals surface area contributed by atoms with Gasteiger partial charge in [-0.05, 0) is 20.4 Å². The van der Waals surface area contributed by atoms with Crippen LogP contribution in [0.4, 0.5) is 10.7 Å². The largest absolute Gasteiger partial charge is 0.388 e. The first-order chi connectivity index (χ1) is 9.43. The van der Waals surface area contributed by atoms with Gasteiger partial charge >= 0.3 is 5.69 Å². The zero-order valence-electron chi connectivity index (χ0n) is 12.1. The van der Waals surface area contributed by atoms with Crippen LogP contribution in [0.5, 0.6) is 0 Å². The minimum Gasteiger partial charge on any atom is -0.388 e. The fourth-order valence-corrected chi connectivity index (χ4v) is 3.62. The molecule has 0 amide bonds. The predicted octanol–water partition coefficient (Wildman–Crippen LogP) is 2.24. The van der Waals surface area contributed by atoms with Crippen molar-refractivity contribution in [3.63, 3.8) is 0 Å². The summed E-state index contributed by atoms with van der Waals surface area (Å²) < 4.78 is 0. The smallest absolute Gasteiger partial charge is 0.304 e. The summed E-state index contributed by atoms with van der Waals surface area (Å²) in [6.45, 7) is 6.26. The fraction of sp³-hybridized carbons (Fsp3) is 0.692. The Morgan fingerprint density at radius 2 is 2.30 bits per heavy atom. The number of likely N-dealkylation sites (N-methyl/N-ethyl adjacent to an activating group) is 1. The highest BCUT2D eigenvalue weighted by molar-refractivity contribution is 7.16. The van der Waals surface area contributed by atoms with E-state index in [9.17, 15) is 15.2 Å². The summed E-state index contributed by atoms with van der Waals surface area (Å²) >= 11 is 1.33. The van der Waals surface area contributed by atoms with E-state index in [1.165, 1.54) is 17.4 Å². The van der Waals surface area contributed by atoms with Crippen LogP contribution in [0.3, 0.4) is 0 Å². The van der Waals surface area contributed by atoms with E-state index in [0.29, 0.717) is 15.9 Å². The molecule has 0 aliphatic carbocycles. The highest BCUT2D eigenvalue weighted by Crippen LogP contribution is 2.40. The summed E-state index contributed by atoms with van der Waals surface area (Å²) in [6, 6.07) is 1.92. The van der Waals surface area contributed by atoms with Gasteiger partial charge in [0, 0.05) is 36.6 Å². The molecule has 1 fully saturated rings. The van der Waals surface area contributed by atoms with Crippen LogP contribution in [0.2, 0.25) is 0 Å². The van der Waals surface area contributed by atoms with Crippen LogP contribution >= 0.6 is 11.3 Å². The molecule has 1 aromatic heterocycles. The zero-order chi connectivity index (χ0) is 14.9. The van der Waals surface area contributed by atoms with Crippen LogP contribution in [0, 0.1) is 10.1 Å². The molecule has 2 heterocycles. The van der Waals surface area contributed by atoms with Crippen molar-refractivity contribution in [1.29, 1.82) is 0 Å². The van der Waals surface area contributed by atoms with Gasteiger partial charge in [-0.2, -0.15) is 0 Å². The second-order valence-electron chi connectivity index (χ2n) is 5.26. The normalized spacial score (nSPS) is 22.0. The second-order valence-corrected chi connectivity index (χ2v) is 6.32. The van der Waals surface area contributed by atoms with Crippen LogP contribution in [0.1, 0.15) is 31.2 Å². The number of piperazine rings is 1. The molecule has 2 atom stereocenters. The first kappa shape index (κ1) is 15.2. The van der Waals surface area contributed by atoms with Crippen molar-refractivity contribution >= 4 is 22.0 Å². The first-order valence-corrected chi connectivity index (χ1v) is 7.67. The molecule has 1 aliphatic rings. The standard InChI is InChI=1S/C13H21N3O3S/c1-4-10-8-15(6-5-14(10)3)13-11(16(18)19)7-12(20-13)9(2)17/h7,9-10,17H,4-6,8H2,1-3H3/t9-,10?/m0/s1. The van der Waals surface area contributed by atoms with Crippen LogP contribution in [0.25, 0.3) is 0 Å². The Morgan fingerprint density at radius 1 is 1.60 bits per heavy atom. The summed E-state index contributed by atoms with van der Waals surface area (Å²) in [7, 11) is 2.09. The molecule has 1 aliphatic heterocycles. The van der Waals surface area contributed by atoms with Gasteiger partial charge in [-0.1, -0.05) is 6.92 Å². The van der Waals surface area contributed by atoms with Gasteiger partial charge in [-0.3, -0.25) is 15.0 Å². The van der Waals surface area contributed by atoms with Crippen LogP contribution in [-0.4, -0.2) is 47.7 Å². The fourth-order valence-electron chi connectivity index (χ4n) is 2.52. The van der Waals surface area contributed by atoms with Gasteiger partial charge < -0.3 is 10.0 Å². The lowest BCUT2D eigenvalue weighted by atomic mass is 10.1. The predicted molar refractivity (Wildman–Crippen MR) is 80.5 cm³/mol. The molecule has 112 valence electrons. The average molecular weight is 299 g/mol. The van der Waals surface area contributed by atoms with Gasteiger partial charge in [-0.15, -0.1) is 11.3 Å². The number of aliphatic hydroxyl groups is 1. The number of anilines is 1. The minimum atomic E-state index is -0.665. The van der Waals surface area contributed by atoms with Gasteiger partial charge in [0.15, 0.2) is 5.00 Å². The number of rotatable bonds is 4. The van der Waals surface area contributed by atoms with E-state index < -0.39 is 6.10 Å². The number of hydrogen-bond acceptors (Lipinski definition) is 6. The lowest BCUT2D eigenvalue weighted by Gasteiger charge is -2.39. The van der Waals surface area contributed by atoms with E-state index in [2.05, 4.69) is 23.8 Å². The molecule has 2 rings (SSSR count). The number of thiophene rings is 1. The summed E-state index contributed by atoms with van der Waals surface area (Å²) in [4.78, 5) is 15.9. The molecule has 0 aromatic carbocycles. The minimum absolute atomic E-state index is 0.116. The molecule has 0 radical (unpaired) electrons. The Balaban J connectivity index is 2.29. The Kier molecular flexibility index (Phi) is 4.62. The van der Waals surface area contributed by atoms with E-state index in [4.69, 9.17) is 0 Å². The maximum atomic E-state index is 11.2. The van der Waals surface area contributed by atoms with Crippen molar-refractivity contribution < 1.29 is 10.0 Å². The molecule has 1 unspecified atom stereocenters. The molecule has 1 N–H and O–H groups in total. The Hall–Kier alpha value is -1.18. The molecular weight excluding hydrogens is 278 g/mol. The maximum Gasteiger partial charge on any atom is 0.304 e. The summed E-state index contributed by atoms with van der Waals surface area (Å²) in [5, 5.41) is 21.5. The first-order valence-electron chi connectivity index (χ1n) is 6.85. The second kappa shape index (κ2) is 6.07. The molecule has 1 saturated heterocycles. The van der Waals surface area contributed by atoms with Crippen molar-refractivity contribution in [3.05, 3.63) is 21.1 Å². The monoisotopic (exact) mass is 299 g/mol. The zero-order valence-corrected chi connectivity index (χ0v) is 12.9.